The average Bonchev–Trinajstić information content (AvgIpc) is 3.46. The number of rotatable bonds is 8. The maximum Gasteiger partial charge on any atom is 0.256 e. The van der Waals surface area contributed by atoms with Crippen LogP contribution in [0.15, 0.2) is 47.4 Å². The van der Waals surface area contributed by atoms with Crippen molar-refractivity contribution in [3.05, 3.63) is 81.2 Å². The van der Waals surface area contributed by atoms with Crippen molar-refractivity contribution in [2.75, 3.05) is 20.2 Å². The van der Waals surface area contributed by atoms with E-state index in [1.54, 1.807) is 13.0 Å². The third-order valence-electron chi connectivity index (χ3n) is 8.13. The molecular weight excluding hydrogens is 492 g/mol. The first kappa shape index (κ1) is 26.7. The summed E-state index contributed by atoms with van der Waals surface area (Å²) >= 11 is 0. The van der Waals surface area contributed by atoms with Gasteiger partial charge in [0.25, 0.3) is 11.5 Å². The van der Waals surface area contributed by atoms with E-state index in [0.29, 0.717) is 28.5 Å². The Morgan fingerprint density at radius 1 is 1.21 bits per heavy atom. The van der Waals surface area contributed by atoms with Crippen LogP contribution in [0.25, 0.3) is 10.9 Å². The third kappa shape index (κ3) is 5.36. The first-order valence-electron chi connectivity index (χ1n) is 13.6. The van der Waals surface area contributed by atoms with E-state index in [-0.39, 0.29) is 24.1 Å². The number of carbonyl (C=O) groups excluding carboxylic acids is 1. The quantitative estimate of drug-likeness (QED) is 0.358. The van der Waals surface area contributed by atoms with Crippen LogP contribution in [0.1, 0.15) is 58.8 Å². The minimum Gasteiger partial charge on any atom is -0.496 e. The lowest BCUT2D eigenvalue weighted by atomic mass is 9.90. The normalized spacial score (nSPS) is 15.5. The molecule has 0 bridgehead atoms. The molecule has 1 aliphatic heterocycles. The molecule has 0 saturated carbocycles. The number of ether oxygens (including phenoxy) is 1. The van der Waals surface area contributed by atoms with Gasteiger partial charge in [0.05, 0.1) is 30.5 Å². The Morgan fingerprint density at radius 3 is 2.64 bits per heavy atom. The fourth-order valence-electron chi connectivity index (χ4n) is 6.08. The maximum absolute atomic E-state index is 13.6. The van der Waals surface area contributed by atoms with Crippen LogP contribution in [0.5, 0.6) is 5.75 Å². The van der Waals surface area contributed by atoms with Crippen molar-refractivity contribution in [1.29, 1.82) is 0 Å². The minimum absolute atomic E-state index is 0.0842. The van der Waals surface area contributed by atoms with Crippen molar-refractivity contribution in [3.63, 3.8) is 0 Å². The second-order valence-corrected chi connectivity index (χ2v) is 10.7. The van der Waals surface area contributed by atoms with Crippen LogP contribution < -0.4 is 15.6 Å². The monoisotopic (exact) mass is 530 g/mol. The molecule has 1 aliphatic rings. The number of piperidine rings is 1. The average molecular weight is 531 g/mol. The SMILES string of the molecule is COc1cc(C)[nH]c(=O)c1CNC(=O)c1c(C)n([C@H](C)C2CCN(Cc3ccn(C)n3)CC2)c2ccccc12. The number of hydrogen-bond acceptors (Lipinski definition) is 5. The molecule has 5 rings (SSSR count). The Labute approximate surface area is 228 Å². The van der Waals surface area contributed by atoms with E-state index >= 15 is 0 Å². The van der Waals surface area contributed by atoms with Crippen molar-refractivity contribution in [2.24, 2.45) is 13.0 Å². The zero-order valence-electron chi connectivity index (χ0n) is 23.5. The number of amides is 1. The van der Waals surface area contributed by atoms with Gasteiger partial charge in [-0.3, -0.25) is 19.2 Å². The van der Waals surface area contributed by atoms with Crippen LogP contribution in [0.3, 0.4) is 0 Å². The molecule has 9 nitrogen and oxygen atoms in total. The topological polar surface area (TPSA) is 97.2 Å². The smallest absolute Gasteiger partial charge is 0.256 e. The van der Waals surface area contributed by atoms with Crippen molar-refractivity contribution in [3.8, 4) is 5.75 Å². The van der Waals surface area contributed by atoms with Crippen LogP contribution >= 0.6 is 0 Å². The number of benzene rings is 1. The molecule has 0 aliphatic carbocycles. The molecule has 206 valence electrons. The molecule has 1 fully saturated rings. The number of nitrogens with zero attached hydrogens (tertiary/aromatic N) is 4. The molecular formula is C30H38N6O3. The van der Waals surface area contributed by atoms with Gasteiger partial charge in [0.2, 0.25) is 0 Å². The number of carbonyl (C=O) groups is 1. The van der Waals surface area contributed by atoms with Crippen molar-refractivity contribution >= 4 is 16.8 Å². The van der Waals surface area contributed by atoms with Gasteiger partial charge < -0.3 is 19.6 Å². The highest BCUT2D eigenvalue weighted by Crippen LogP contribution is 2.36. The van der Waals surface area contributed by atoms with Crippen molar-refractivity contribution in [2.45, 2.75) is 52.7 Å². The van der Waals surface area contributed by atoms with Crippen LogP contribution in [0.4, 0.5) is 0 Å². The van der Waals surface area contributed by atoms with Crippen LogP contribution in [0, 0.1) is 19.8 Å². The fraction of sp³-hybridized carbons (Fsp3) is 0.433. The zero-order chi connectivity index (χ0) is 27.7. The Hall–Kier alpha value is -3.85. The van der Waals surface area contributed by atoms with E-state index < -0.39 is 0 Å². The van der Waals surface area contributed by atoms with Gasteiger partial charge in [-0.05, 0) is 70.8 Å². The Bertz CT molecular complexity index is 1540. The van der Waals surface area contributed by atoms with Gasteiger partial charge >= 0.3 is 0 Å². The van der Waals surface area contributed by atoms with Gasteiger partial charge in [-0.1, -0.05) is 18.2 Å². The first-order valence-corrected chi connectivity index (χ1v) is 13.6. The molecule has 1 amide bonds. The van der Waals surface area contributed by atoms with Gasteiger partial charge in [0.15, 0.2) is 0 Å². The summed E-state index contributed by atoms with van der Waals surface area (Å²) in [6, 6.07) is 12.2. The summed E-state index contributed by atoms with van der Waals surface area (Å²) in [5.74, 6) is 0.784. The molecule has 1 aromatic carbocycles. The van der Waals surface area contributed by atoms with Gasteiger partial charge in [-0.2, -0.15) is 5.10 Å². The maximum atomic E-state index is 13.6. The minimum atomic E-state index is -0.255. The van der Waals surface area contributed by atoms with Gasteiger partial charge in [0, 0.05) is 48.1 Å². The van der Waals surface area contributed by atoms with Gasteiger partial charge in [-0.15, -0.1) is 0 Å². The van der Waals surface area contributed by atoms with E-state index in [0.717, 1.165) is 54.8 Å². The van der Waals surface area contributed by atoms with Crippen LogP contribution in [-0.2, 0) is 20.1 Å². The number of aromatic amines is 1. The predicted molar refractivity (Wildman–Crippen MR) is 152 cm³/mol. The molecule has 2 N–H and O–H groups in total. The largest absolute Gasteiger partial charge is 0.496 e. The number of H-pyrrole nitrogens is 1. The number of fused-ring (bicyclic) bond motifs is 1. The summed E-state index contributed by atoms with van der Waals surface area (Å²) in [5, 5.41) is 8.44. The Morgan fingerprint density at radius 2 is 1.95 bits per heavy atom. The molecule has 4 heterocycles. The van der Waals surface area contributed by atoms with E-state index in [4.69, 9.17) is 4.74 Å². The Kier molecular flexibility index (Phi) is 7.61. The summed E-state index contributed by atoms with van der Waals surface area (Å²) < 4.78 is 9.59. The summed E-state index contributed by atoms with van der Waals surface area (Å²) in [5.41, 5.74) is 4.64. The lowest BCUT2D eigenvalue weighted by Crippen LogP contribution is -2.36. The number of para-hydroxylation sites is 1. The number of aromatic nitrogens is 4. The van der Waals surface area contributed by atoms with E-state index in [9.17, 15) is 9.59 Å². The number of aryl methyl sites for hydroxylation is 2. The molecule has 39 heavy (non-hydrogen) atoms. The van der Waals surface area contributed by atoms with Crippen LogP contribution in [-0.4, -0.2) is 50.3 Å². The van der Waals surface area contributed by atoms with Gasteiger partial charge in [0.1, 0.15) is 5.75 Å². The zero-order valence-corrected chi connectivity index (χ0v) is 23.5. The number of nitrogens with one attached hydrogen (secondary N) is 2. The highest BCUT2D eigenvalue weighted by Gasteiger charge is 2.29. The number of methoxy groups -OCH3 is 1. The molecule has 1 atom stereocenters. The summed E-state index contributed by atoms with van der Waals surface area (Å²) in [7, 11) is 3.48. The number of hydrogen-bond donors (Lipinski definition) is 2. The van der Waals surface area contributed by atoms with Crippen molar-refractivity contribution in [1.82, 2.24) is 29.5 Å². The van der Waals surface area contributed by atoms with Crippen molar-refractivity contribution < 1.29 is 9.53 Å². The Balaban J connectivity index is 1.35. The molecule has 0 radical (unpaired) electrons. The summed E-state index contributed by atoms with van der Waals surface area (Å²) in [6.07, 6.45) is 4.18. The molecule has 0 spiro atoms. The third-order valence-corrected chi connectivity index (χ3v) is 8.13. The predicted octanol–water partition coefficient (Wildman–Crippen LogP) is 4.09. The molecule has 3 aromatic heterocycles. The molecule has 1 saturated heterocycles. The summed E-state index contributed by atoms with van der Waals surface area (Å²) in [4.78, 5) is 31.4. The van der Waals surface area contributed by atoms with E-state index in [1.807, 2.05) is 43.0 Å². The highest BCUT2D eigenvalue weighted by atomic mass is 16.5. The number of likely N-dealkylation sites (tertiary alicyclic amines) is 1. The second-order valence-electron chi connectivity index (χ2n) is 10.7. The lowest BCUT2D eigenvalue weighted by molar-refractivity contribution is 0.0951. The van der Waals surface area contributed by atoms with E-state index in [2.05, 4.69) is 43.9 Å². The van der Waals surface area contributed by atoms with E-state index in [1.165, 1.54) is 7.11 Å². The summed E-state index contributed by atoms with van der Waals surface area (Å²) in [6.45, 7) is 9.13. The second kappa shape index (κ2) is 11.1. The molecule has 4 aromatic rings. The highest BCUT2D eigenvalue weighted by molar-refractivity contribution is 6.08. The molecule has 9 heteroatoms. The first-order chi connectivity index (χ1) is 18.8. The number of pyridine rings is 1. The lowest BCUT2D eigenvalue weighted by Gasteiger charge is -2.35. The van der Waals surface area contributed by atoms with Crippen LogP contribution in [0.2, 0.25) is 0 Å². The standard InChI is InChI=1S/C30H38N6O3/c1-19-16-27(39-5)25(29(37)32-19)17-31-30(38)28-21(3)36(26-9-7-6-8-24(26)28)20(2)22-10-14-35(15-11-22)18-23-12-13-34(4)33-23/h6-9,12-13,16,20,22H,10-11,14-15,17-18H2,1-5H3,(H,31,38)(H,32,37)/t20-/m1/s1. The molecule has 0 unspecified atom stereocenters. The fourth-order valence-corrected chi connectivity index (χ4v) is 6.08. The van der Waals surface area contributed by atoms with Gasteiger partial charge in [-0.25, -0.2) is 0 Å².